The summed E-state index contributed by atoms with van der Waals surface area (Å²) in [6, 6.07) is 15.2. The van der Waals surface area contributed by atoms with Crippen molar-refractivity contribution < 1.29 is 9.47 Å². The van der Waals surface area contributed by atoms with E-state index in [-0.39, 0.29) is 6.10 Å². The van der Waals surface area contributed by atoms with Gasteiger partial charge in [-0.3, -0.25) is 0 Å². The molecule has 0 saturated carbocycles. The van der Waals surface area contributed by atoms with Crippen molar-refractivity contribution in [3.8, 4) is 11.5 Å². The molecule has 4 N–H and O–H groups in total. The highest BCUT2D eigenvalue weighted by molar-refractivity contribution is 5.44. The molecule has 0 heterocycles. The minimum Gasteiger partial charge on any atom is -0.494 e. The summed E-state index contributed by atoms with van der Waals surface area (Å²) in [4.78, 5) is 0. The van der Waals surface area contributed by atoms with E-state index in [2.05, 4.69) is 6.92 Å². The van der Waals surface area contributed by atoms with Crippen LogP contribution in [0.5, 0.6) is 11.5 Å². The summed E-state index contributed by atoms with van der Waals surface area (Å²) in [5.74, 6) is 1.71. The Hall–Kier alpha value is -2.36. The molecule has 0 aromatic heterocycles. The number of hydrogen-bond donors (Lipinski definition) is 2. The Balaban J connectivity index is 1.56. The first kappa shape index (κ1) is 19.0. The number of hydrogen-bond acceptors (Lipinski definition) is 4. The molecule has 1 atom stereocenters. The maximum atomic E-state index is 6.02. The average Bonchev–Trinajstić information content (AvgIpc) is 2.60. The lowest BCUT2D eigenvalue weighted by molar-refractivity contribution is 0.182. The molecule has 2 aromatic carbocycles. The number of anilines is 2. The van der Waals surface area contributed by atoms with E-state index in [0.29, 0.717) is 0 Å². The topological polar surface area (TPSA) is 70.5 Å². The van der Waals surface area contributed by atoms with E-state index < -0.39 is 0 Å². The first-order valence-electron chi connectivity index (χ1n) is 9.18. The predicted octanol–water partition coefficient (Wildman–Crippen LogP) is 5.04. The average molecular weight is 342 g/mol. The van der Waals surface area contributed by atoms with Gasteiger partial charge in [0.05, 0.1) is 12.7 Å². The van der Waals surface area contributed by atoms with Crippen LogP contribution < -0.4 is 20.9 Å². The summed E-state index contributed by atoms with van der Waals surface area (Å²) in [6.07, 6.45) is 6.91. The molecule has 0 radical (unpaired) electrons. The van der Waals surface area contributed by atoms with Crippen LogP contribution in [0.4, 0.5) is 11.4 Å². The van der Waals surface area contributed by atoms with Gasteiger partial charge in [0.15, 0.2) is 0 Å². The zero-order valence-electron chi connectivity index (χ0n) is 15.1. The smallest absolute Gasteiger partial charge is 0.121 e. The van der Waals surface area contributed by atoms with Crippen LogP contribution in [0.15, 0.2) is 48.5 Å². The van der Waals surface area contributed by atoms with E-state index >= 15 is 0 Å². The molecule has 0 amide bonds. The van der Waals surface area contributed by atoms with E-state index in [1.165, 1.54) is 12.8 Å². The highest BCUT2D eigenvalue weighted by atomic mass is 16.5. The Kier molecular flexibility index (Phi) is 7.96. The number of ether oxygens (including phenoxy) is 2. The van der Waals surface area contributed by atoms with E-state index in [9.17, 15) is 0 Å². The van der Waals surface area contributed by atoms with E-state index in [0.717, 1.165) is 55.2 Å². The summed E-state index contributed by atoms with van der Waals surface area (Å²) in [6.45, 7) is 2.90. The molecule has 1 unspecified atom stereocenters. The van der Waals surface area contributed by atoms with Gasteiger partial charge >= 0.3 is 0 Å². The molecule has 25 heavy (non-hydrogen) atoms. The molecule has 0 aliphatic rings. The van der Waals surface area contributed by atoms with Gasteiger partial charge in [0, 0.05) is 23.5 Å². The van der Waals surface area contributed by atoms with Crippen molar-refractivity contribution in [3.05, 3.63) is 48.5 Å². The van der Waals surface area contributed by atoms with Gasteiger partial charge in [-0.1, -0.05) is 31.9 Å². The Labute approximate surface area is 151 Å². The van der Waals surface area contributed by atoms with Crippen molar-refractivity contribution >= 4 is 11.4 Å². The van der Waals surface area contributed by atoms with Crippen LogP contribution in [-0.2, 0) is 0 Å². The van der Waals surface area contributed by atoms with Crippen LogP contribution in [0, 0.1) is 0 Å². The first-order chi connectivity index (χ1) is 12.2. The minimum absolute atomic E-state index is 0.255. The third-order valence-corrected chi connectivity index (χ3v) is 4.16. The molecular weight excluding hydrogens is 312 g/mol. The fraction of sp³-hybridized carbons (Fsp3) is 0.429. The van der Waals surface area contributed by atoms with Gasteiger partial charge in [-0.25, -0.2) is 0 Å². The molecule has 4 heteroatoms. The molecule has 0 saturated heterocycles. The normalized spacial score (nSPS) is 11.9. The van der Waals surface area contributed by atoms with Gasteiger partial charge < -0.3 is 20.9 Å². The molecular formula is C21H30N2O2. The van der Waals surface area contributed by atoms with Crippen molar-refractivity contribution in [3.63, 3.8) is 0 Å². The highest BCUT2D eigenvalue weighted by Gasteiger charge is 2.08. The van der Waals surface area contributed by atoms with Gasteiger partial charge in [0.1, 0.15) is 11.5 Å². The Morgan fingerprint density at radius 1 is 0.840 bits per heavy atom. The third kappa shape index (κ3) is 7.38. The second-order valence-electron chi connectivity index (χ2n) is 6.34. The molecule has 0 fully saturated rings. The molecule has 2 aromatic rings. The van der Waals surface area contributed by atoms with E-state index in [1.54, 1.807) is 0 Å². The van der Waals surface area contributed by atoms with E-state index in [4.69, 9.17) is 20.9 Å². The van der Waals surface area contributed by atoms with Crippen molar-refractivity contribution in [2.75, 3.05) is 18.1 Å². The molecule has 0 bridgehead atoms. The summed E-state index contributed by atoms with van der Waals surface area (Å²) >= 11 is 0. The van der Waals surface area contributed by atoms with Gasteiger partial charge in [0.25, 0.3) is 0 Å². The molecule has 0 aliphatic heterocycles. The zero-order chi connectivity index (χ0) is 17.9. The maximum Gasteiger partial charge on any atom is 0.121 e. The third-order valence-electron chi connectivity index (χ3n) is 4.16. The van der Waals surface area contributed by atoms with Crippen LogP contribution in [0.3, 0.4) is 0 Å². The van der Waals surface area contributed by atoms with Crippen LogP contribution in [0.2, 0.25) is 0 Å². The summed E-state index contributed by atoms with van der Waals surface area (Å²) < 4.78 is 11.7. The molecule has 4 nitrogen and oxygen atoms in total. The molecule has 2 rings (SSSR count). The SMILES string of the molecule is CCC(CCCCCCOc1cccc(N)c1)Oc1cccc(N)c1. The Bertz CT molecular complexity index is 631. The molecule has 0 aliphatic carbocycles. The lowest BCUT2D eigenvalue weighted by atomic mass is 10.1. The first-order valence-corrected chi connectivity index (χ1v) is 9.18. The van der Waals surface area contributed by atoms with E-state index in [1.807, 2.05) is 48.5 Å². The summed E-state index contributed by atoms with van der Waals surface area (Å²) in [5, 5.41) is 0. The maximum absolute atomic E-state index is 6.02. The van der Waals surface area contributed by atoms with Gasteiger partial charge in [-0.15, -0.1) is 0 Å². The van der Waals surface area contributed by atoms with Gasteiger partial charge in [-0.2, -0.15) is 0 Å². The zero-order valence-corrected chi connectivity index (χ0v) is 15.1. The summed E-state index contributed by atoms with van der Waals surface area (Å²) in [7, 11) is 0. The van der Waals surface area contributed by atoms with Gasteiger partial charge in [-0.05, 0) is 49.9 Å². The minimum atomic E-state index is 0.255. The standard InChI is InChI=1S/C21H30N2O2/c1-2-19(25-21-13-8-10-18(23)16-21)11-5-3-4-6-14-24-20-12-7-9-17(22)15-20/h7-10,12-13,15-16,19H,2-6,11,14,22-23H2,1H3. The monoisotopic (exact) mass is 342 g/mol. The largest absolute Gasteiger partial charge is 0.494 e. The Morgan fingerprint density at radius 3 is 2.16 bits per heavy atom. The molecule has 136 valence electrons. The quantitative estimate of drug-likeness (QED) is 0.443. The second kappa shape index (κ2) is 10.5. The lowest BCUT2D eigenvalue weighted by Gasteiger charge is -2.17. The lowest BCUT2D eigenvalue weighted by Crippen LogP contribution is -2.15. The summed E-state index contributed by atoms with van der Waals surface area (Å²) in [5.41, 5.74) is 13.0. The Morgan fingerprint density at radius 2 is 1.48 bits per heavy atom. The number of nitrogens with two attached hydrogens (primary N) is 2. The second-order valence-corrected chi connectivity index (χ2v) is 6.34. The highest BCUT2D eigenvalue weighted by Crippen LogP contribution is 2.20. The molecule has 0 spiro atoms. The van der Waals surface area contributed by atoms with Crippen LogP contribution in [0.1, 0.15) is 45.4 Å². The number of rotatable bonds is 11. The van der Waals surface area contributed by atoms with Gasteiger partial charge in [0.2, 0.25) is 0 Å². The number of nitrogen functional groups attached to an aromatic ring is 2. The van der Waals surface area contributed by atoms with Crippen LogP contribution in [-0.4, -0.2) is 12.7 Å². The van der Waals surface area contributed by atoms with Crippen LogP contribution >= 0.6 is 0 Å². The van der Waals surface area contributed by atoms with Crippen molar-refractivity contribution in [1.82, 2.24) is 0 Å². The fourth-order valence-corrected chi connectivity index (χ4v) is 2.75. The predicted molar refractivity (Wildman–Crippen MR) is 105 cm³/mol. The number of benzene rings is 2. The number of unbranched alkanes of at least 4 members (excludes halogenated alkanes) is 3. The van der Waals surface area contributed by atoms with Crippen molar-refractivity contribution in [2.24, 2.45) is 0 Å². The van der Waals surface area contributed by atoms with Crippen LogP contribution in [0.25, 0.3) is 0 Å². The van der Waals surface area contributed by atoms with Crippen molar-refractivity contribution in [2.45, 2.75) is 51.6 Å². The van der Waals surface area contributed by atoms with Crippen molar-refractivity contribution in [1.29, 1.82) is 0 Å². The fourth-order valence-electron chi connectivity index (χ4n) is 2.75.